The molecule has 1 unspecified atom stereocenters. The minimum Gasteiger partial charge on any atom is -0.464 e. The first-order valence-electron chi connectivity index (χ1n) is 6.45. The predicted molar refractivity (Wildman–Crippen MR) is 69.4 cm³/mol. The zero-order chi connectivity index (χ0) is 13.7. The van der Waals surface area contributed by atoms with Gasteiger partial charge in [0.2, 0.25) is 0 Å². The third-order valence-electron chi connectivity index (χ3n) is 3.13. The van der Waals surface area contributed by atoms with Crippen LogP contribution in [0.5, 0.6) is 0 Å². The maximum absolute atomic E-state index is 12.9. The molecule has 1 saturated heterocycles. The molecular weight excluding hydrogens is 249 g/mol. The molecule has 0 saturated carbocycles. The minimum absolute atomic E-state index is 0.267. The van der Waals surface area contributed by atoms with Crippen LogP contribution in [0.25, 0.3) is 0 Å². The molecule has 0 aromatic heterocycles. The first-order valence-corrected chi connectivity index (χ1v) is 6.45. The lowest BCUT2D eigenvalue weighted by atomic mass is 9.92. The van der Waals surface area contributed by atoms with E-state index in [1.807, 2.05) is 0 Å². The van der Waals surface area contributed by atoms with Crippen molar-refractivity contribution in [2.75, 3.05) is 25.1 Å². The molecule has 1 aromatic carbocycles. The number of carbonyl (C=O) groups is 1. The first-order chi connectivity index (χ1) is 9.16. The quantitative estimate of drug-likeness (QED) is 0.851. The molecule has 1 atom stereocenters. The van der Waals surface area contributed by atoms with Crippen LogP contribution >= 0.6 is 0 Å². The van der Waals surface area contributed by atoms with Crippen molar-refractivity contribution in [3.05, 3.63) is 30.1 Å². The summed E-state index contributed by atoms with van der Waals surface area (Å²) in [5, 5.41) is 3.14. The van der Waals surface area contributed by atoms with E-state index in [-0.39, 0.29) is 18.4 Å². The Morgan fingerprint density at radius 1 is 1.47 bits per heavy atom. The van der Waals surface area contributed by atoms with Crippen molar-refractivity contribution in [1.29, 1.82) is 0 Å². The summed E-state index contributed by atoms with van der Waals surface area (Å²) in [6.07, 6.45) is 1.43. The molecule has 2 rings (SSSR count). The molecule has 0 bridgehead atoms. The summed E-state index contributed by atoms with van der Waals surface area (Å²) < 4.78 is 23.4. The maximum Gasteiger partial charge on any atom is 0.334 e. The van der Waals surface area contributed by atoms with E-state index in [2.05, 4.69) is 5.32 Å². The van der Waals surface area contributed by atoms with Crippen LogP contribution in [0.4, 0.5) is 10.1 Å². The van der Waals surface area contributed by atoms with E-state index in [0.29, 0.717) is 25.3 Å². The topological polar surface area (TPSA) is 47.6 Å². The summed E-state index contributed by atoms with van der Waals surface area (Å²) in [5.74, 6) is -0.630. The van der Waals surface area contributed by atoms with E-state index in [1.54, 1.807) is 19.1 Å². The molecule has 0 radical (unpaired) electrons. The average Bonchev–Trinajstić information content (AvgIpc) is 2.43. The van der Waals surface area contributed by atoms with E-state index < -0.39 is 5.54 Å². The molecule has 1 heterocycles. The van der Waals surface area contributed by atoms with Crippen molar-refractivity contribution in [1.82, 2.24) is 0 Å². The van der Waals surface area contributed by atoms with E-state index in [4.69, 9.17) is 9.47 Å². The van der Waals surface area contributed by atoms with Crippen molar-refractivity contribution < 1.29 is 18.7 Å². The van der Waals surface area contributed by atoms with E-state index >= 15 is 0 Å². The number of carbonyl (C=O) groups excluding carboxylic acids is 1. The number of hydrogen-bond donors (Lipinski definition) is 1. The van der Waals surface area contributed by atoms with Crippen molar-refractivity contribution in [3.63, 3.8) is 0 Å². The fourth-order valence-corrected chi connectivity index (χ4v) is 2.18. The van der Waals surface area contributed by atoms with E-state index in [1.165, 1.54) is 12.1 Å². The molecule has 104 valence electrons. The highest BCUT2D eigenvalue weighted by Crippen LogP contribution is 2.26. The Bertz CT molecular complexity index is 427. The number of ether oxygens (including phenoxy) is 2. The van der Waals surface area contributed by atoms with Crippen LogP contribution in [0.1, 0.15) is 19.8 Å². The fourth-order valence-electron chi connectivity index (χ4n) is 2.18. The Kier molecular flexibility index (Phi) is 4.37. The molecule has 5 heteroatoms. The molecule has 0 amide bonds. The lowest BCUT2D eigenvalue weighted by Gasteiger charge is -2.36. The van der Waals surface area contributed by atoms with Crippen LogP contribution < -0.4 is 5.32 Å². The van der Waals surface area contributed by atoms with Gasteiger partial charge in [-0.25, -0.2) is 9.18 Å². The normalized spacial score (nSPS) is 22.8. The van der Waals surface area contributed by atoms with Crippen molar-refractivity contribution >= 4 is 11.7 Å². The zero-order valence-corrected chi connectivity index (χ0v) is 10.9. The third kappa shape index (κ3) is 3.23. The van der Waals surface area contributed by atoms with Gasteiger partial charge in [-0.1, -0.05) is 0 Å². The summed E-state index contributed by atoms with van der Waals surface area (Å²) in [4.78, 5) is 12.2. The first kappa shape index (κ1) is 13.8. The number of nitrogens with one attached hydrogen (secondary N) is 1. The Labute approximate surface area is 111 Å². The molecule has 0 spiro atoms. The van der Waals surface area contributed by atoms with Crippen LogP contribution in [0.3, 0.4) is 0 Å². The molecule has 1 aliphatic heterocycles. The predicted octanol–water partition coefficient (Wildman–Crippen LogP) is 2.35. The summed E-state index contributed by atoms with van der Waals surface area (Å²) in [5.41, 5.74) is -0.188. The monoisotopic (exact) mass is 267 g/mol. The van der Waals surface area contributed by atoms with Crippen LogP contribution in [0, 0.1) is 5.82 Å². The molecule has 1 N–H and O–H groups in total. The number of benzene rings is 1. The molecule has 1 aliphatic rings. The van der Waals surface area contributed by atoms with Gasteiger partial charge in [0.05, 0.1) is 13.2 Å². The Morgan fingerprint density at radius 3 is 2.79 bits per heavy atom. The SMILES string of the molecule is CCOC(=O)C1(Nc2ccc(F)cc2)CCCOC1. The molecule has 4 nitrogen and oxygen atoms in total. The van der Waals surface area contributed by atoms with Crippen LogP contribution in [0.15, 0.2) is 24.3 Å². The van der Waals surface area contributed by atoms with Gasteiger partial charge < -0.3 is 14.8 Å². The van der Waals surface area contributed by atoms with Gasteiger partial charge in [-0.2, -0.15) is 0 Å². The lowest BCUT2D eigenvalue weighted by Crippen LogP contribution is -2.53. The fraction of sp³-hybridized carbons (Fsp3) is 0.500. The van der Waals surface area contributed by atoms with Crippen molar-refractivity contribution in [2.24, 2.45) is 0 Å². The summed E-state index contributed by atoms with van der Waals surface area (Å²) in [6, 6.07) is 5.91. The van der Waals surface area contributed by atoms with Gasteiger partial charge in [0.1, 0.15) is 5.82 Å². The van der Waals surface area contributed by atoms with Crippen molar-refractivity contribution in [3.8, 4) is 0 Å². The molecule has 19 heavy (non-hydrogen) atoms. The van der Waals surface area contributed by atoms with Crippen LogP contribution in [-0.2, 0) is 14.3 Å². The Morgan fingerprint density at radius 2 is 2.21 bits per heavy atom. The Hall–Kier alpha value is -1.62. The van der Waals surface area contributed by atoms with Crippen LogP contribution in [-0.4, -0.2) is 31.3 Å². The largest absolute Gasteiger partial charge is 0.464 e. The minimum atomic E-state index is -0.869. The maximum atomic E-state index is 12.9. The summed E-state index contributed by atoms with van der Waals surface area (Å²) in [7, 11) is 0. The molecule has 1 aromatic rings. The van der Waals surface area contributed by atoms with E-state index in [9.17, 15) is 9.18 Å². The van der Waals surface area contributed by atoms with E-state index in [0.717, 1.165) is 6.42 Å². The summed E-state index contributed by atoms with van der Waals surface area (Å²) >= 11 is 0. The van der Waals surface area contributed by atoms with Gasteiger partial charge in [-0.3, -0.25) is 0 Å². The molecule has 1 fully saturated rings. The highest BCUT2D eigenvalue weighted by molar-refractivity contribution is 5.85. The summed E-state index contributed by atoms with van der Waals surface area (Å²) in [6.45, 7) is 3.01. The lowest BCUT2D eigenvalue weighted by molar-refractivity contribution is -0.153. The molecular formula is C14H18FNO3. The van der Waals surface area contributed by atoms with Crippen LogP contribution in [0.2, 0.25) is 0 Å². The van der Waals surface area contributed by atoms with Crippen molar-refractivity contribution in [2.45, 2.75) is 25.3 Å². The zero-order valence-electron chi connectivity index (χ0n) is 10.9. The highest BCUT2D eigenvalue weighted by atomic mass is 19.1. The standard InChI is InChI=1S/C14H18FNO3/c1-2-19-13(17)14(8-3-9-18-10-14)16-12-6-4-11(15)5-7-12/h4-7,16H,2-3,8-10H2,1H3. The van der Waals surface area contributed by atoms with Gasteiger partial charge in [-0.05, 0) is 44.0 Å². The number of anilines is 1. The number of esters is 1. The van der Waals surface area contributed by atoms with Gasteiger partial charge in [0.15, 0.2) is 5.54 Å². The second-order valence-electron chi connectivity index (χ2n) is 4.59. The van der Waals surface area contributed by atoms with Gasteiger partial charge in [0.25, 0.3) is 0 Å². The number of hydrogen-bond acceptors (Lipinski definition) is 4. The average molecular weight is 267 g/mol. The number of rotatable bonds is 4. The molecule has 0 aliphatic carbocycles. The Balaban J connectivity index is 2.17. The van der Waals surface area contributed by atoms with Gasteiger partial charge >= 0.3 is 5.97 Å². The third-order valence-corrected chi connectivity index (χ3v) is 3.13. The highest BCUT2D eigenvalue weighted by Gasteiger charge is 2.42. The second kappa shape index (κ2) is 6.02. The second-order valence-corrected chi connectivity index (χ2v) is 4.59. The smallest absolute Gasteiger partial charge is 0.334 e. The van der Waals surface area contributed by atoms with Gasteiger partial charge in [0, 0.05) is 12.3 Å². The number of halogens is 1. The van der Waals surface area contributed by atoms with Gasteiger partial charge in [-0.15, -0.1) is 0 Å².